The first kappa shape index (κ1) is 11.4. The van der Waals surface area contributed by atoms with Crippen molar-refractivity contribution in [1.29, 1.82) is 0 Å². The molecule has 0 aliphatic carbocycles. The Labute approximate surface area is 87.8 Å². The Hall–Kier alpha value is -1.71. The van der Waals surface area contributed by atoms with E-state index in [-0.39, 0.29) is 11.5 Å². The minimum atomic E-state index is -0.852. The van der Waals surface area contributed by atoms with E-state index in [2.05, 4.69) is 0 Å². The van der Waals surface area contributed by atoms with Gasteiger partial charge in [0.25, 0.3) is 0 Å². The van der Waals surface area contributed by atoms with E-state index in [1.165, 1.54) is 6.07 Å². The van der Waals surface area contributed by atoms with Crippen molar-refractivity contribution in [1.82, 2.24) is 0 Å². The number of hydrogen-bond acceptors (Lipinski definition) is 3. The van der Waals surface area contributed by atoms with E-state index in [1.807, 2.05) is 0 Å². The molecule has 1 unspecified atom stereocenters. The average Bonchev–Trinajstić information content (AvgIpc) is 2.19. The Morgan fingerprint density at radius 1 is 1.40 bits per heavy atom. The quantitative estimate of drug-likeness (QED) is 0.661. The number of para-hydroxylation sites is 1. The maximum atomic E-state index is 10.6. The third-order valence-corrected chi connectivity index (χ3v) is 2.37. The molecule has 82 valence electrons. The van der Waals surface area contributed by atoms with E-state index in [4.69, 9.17) is 5.11 Å². The van der Waals surface area contributed by atoms with Crippen LogP contribution in [0.1, 0.15) is 18.9 Å². The summed E-state index contributed by atoms with van der Waals surface area (Å²) in [5.74, 6) is -1.63. The van der Waals surface area contributed by atoms with Gasteiger partial charge in [0.05, 0.1) is 5.92 Å². The molecule has 1 aromatic rings. The molecular weight excluding hydrogens is 196 g/mol. The predicted molar refractivity (Wildman–Crippen MR) is 54.9 cm³/mol. The number of carboxylic acid groups (broad SMARTS) is 1. The Bertz CT molecular complexity index is 360. The lowest BCUT2D eigenvalue weighted by Gasteiger charge is -2.08. The minimum absolute atomic E-state index is 0.157. The number of benzene rings is 1. The topological polar surface area (TPSA) is 77.8 Å². The van der Waals surface area contributed by atoms with Crippen LogP contribution in [-0.4, -0.2) is 21.3 Å². The summed E-state index contributed by atoms with van der Waals surface area (Å²) in [6, 6.07) is 4.68. The van der Waals surface area contributed by atoms with Gasteiger partial charge >= 0.3 is 5.97 Å². The molecule has 0 aliphatic heterocycles. The van der Waals surface area contributed by atoms with E-state index >= 15 is 0 Å². The highest BCUT2D eigenvalue weighted by atomic mass is 16.4. The molecule has 4 nitrogen and oxygen atoms in total. The van der Waals surface area contributed by atoms with Crippen LogP contribution in [0, 0.1) is 5.92 Å². The normalized spacial score (nSPS) is 12.3. The summed E-state index contributed by atoms with van der Waals surface area (Å²) in [5.41, 5.74) is 0.572. The van der Waals surface area contributed by atoms with Crippen molar-refractivity contribution in [3.63, 3.8) is 0 Å². The number of aryl methyl sites for hydroxylation is 1. The molecule has 0 saturated carbocycles. The molecule has 1 atom stereocenters. The van der Waals surface area contributed by atoms with Gasteiger partial charge in [0, 0.05) is 0 Å². The van der Waals surface area contributed by atoms with Gasteiger partial charge in [-0.25, -0.2) is 0 Å². The first-order valence-electron chi connectivity index (χ1n) is 4.75. The van der Waals surface area contributed by atoms with Crippen LogP contribution < -0.4 is 0 Å². The Kier molecular flexibility index (Phi) is 3.55. The average molecular weight is 210 g/mol. The SMILES string of the molecule is CC(CCc1cccc(O)c1O)C(=O)O. The predicted octanol–water partition coefficient (Wildman–Crippen LogP) is 1.75. The van der Waals surface area contributed by atoms with Gasteiger partial charge in [-0.2, -0.15) is 0 Å². The van der Waals surface area contributed by atoms with E-state index in [0.29, 0.717) is 18.4 Å². The third kappa shape index (κ3) is 2.87. The molecule has 0 aliphatic rings. The second-order valence-corrected chi connectivity index (χ2v) is 3.56. The van der Waals surface area contributed by atoms with Crippen LogP contribution in [0.3, 0.4) is 0 Å². The second-order valence-electron chi connectivity index (χ2n) is 3.56. The third-order valence-electron chi connectivity index (χ3n) is 2.37. The zero-order valence-electron chi connectivity index (χ0n) is 8.47. The van der Waals surface area contributed by atoms with Crippen LogP contribution in [0.2, 0.25) is 0 Å². The summed E-state index contributed by atoms with van der Waals surface area (Å²) in [5, 5.41) is 27.3. The zero-order chi connectivity index (χ0) is 11.4. The lowest BCUT2D eigenvalue weighted by molar-refractivity contribution is -0.141. The van der Waals surface area contributed by atoms with Gasteiger partial charge in [0.1, 0.15) is 0 Å². The van der Waals surface area contributed by atoms with E-state index in [9.17, 15) is 15.0 Å². The maximum Gasteiger partial charge on any atom is 0.306 e. The molecule has 0 saturated heterocycles. The van der Waals surface area contributed by atoms with E-state index in [0.717, 1.165) is 0 Å². The van der Waals surface area contributed by atoms with Crippen molar-refractivity contribution in [3.05, 3.63) is 23.8 Å². The van der Waals surface area contributed by atoms with E-state index in [1.54, 1.807) is 19.1 Å². The molecule has 0 fully saturated rings. The van der Waals surface area contributed by atoms with Gasteiger partial charge in [-0.05, 0) is 24.5 Å². The monoisotopic (exact) mass is 210 g/mol. The molecule has 3 N–H and O–H groups in total. The van der Waals surface area contributed by atoms with Crippen molar-refractivity contribution < 1.29 is 20.1 Å². The van der Waals surface area contributed by atoms with Crippen molar-refractivity contribution in [2.45, 2.75) is 19.8 Å². The number of phenolic OH excluding ortho intramolecular Hbond substituents is 2. The molecule has 1 rings (SSSR count). The highest BCUT2D eigenvalue weighted by Crippen LogP contribution is 2.29. The highest BCUT2D eigenvalue weighted by molar-refractivity contribution is 5.69. The zero-order valence-corrected chi connectivity index (χ0v) is 8.47. The summed E-state index contributed by atoms with van der Waals surface area (Å²) in [4.78, 5) is 10.6. The van der Waals surface area contributed by atoms with Crippen LogP contribution in [0.15, 0.2) is 18.2 Å². The fraction of sp³-hybridized carbons (Fsp3) is 0.364. The van der Waals surface area contributed by atoms with Gasteiger partial charge in [-0.3, -0.25) is 4.79 Å². The van der Waals surface area contributed by atoms with Gasteiger partial charge < -0.3 is 15.3 Å². The van der Waals surface area contributed by atoms with Gasteiger partial charge in [-0.1, -0.05) is 19.1 Å². The Balaban J connectivity index is 2.66. The second kappa shape index (κ2) is 4.68. The van der Waals surface area contributed by atoms with Crippen molar-refractivity contribution in [3.8, 4) is 11.5 Å². The Morgan fingerprint density at radius 3 is 2.67 bits per heavy atom. The summed E-state index contributed by atoms with van der Waals surface area (Å²) in [7, 11) is 0. The highest BCUT2D eigenvalue weighted by Gasteiger charge is 2.12. The Morgan fingerprint density at radius 2 is 2.07 bits per heavy atom. The molecule has 4 heteroatoms. The van der Waals surface area contributed by atoms with Crippen LogP contribution in [0.4, 0.5) is 0 Å². The maximum absolute atomic E-state index is 10.6. The number of phenols is 2. The molecular formula is C11H14O4. The molecule has 0 heterocycles. The fourth-order valence-corrected chi connectivity index (χ4v) is 1.28. The van der Waals surface area contributed by atoms with Crippen LogP contribution >= 0.6 is 0 Å². The first-order chi connectivity index (χ1) is 7.02. The standard InChI is InChI=1S/C11H14O4/c1-7(11(14)15)5-6-8-3-2-4-9(12)10(8)13/h2-4,7,12-13H,5-6H2,1H3,(H,14,15). The summed E-state index contributed by atoms with van der Waals surface area (Å²) < 4.78 is 0. The van der Waals surface area contributed by atoms with Crippen molar-refractivity contribution in [2.75, 3.05) is 0 Å². The minimum Gasteiger partial charge on any atom is -0.504 e. The molecule has 1 aromatic carbocycles. The van der Waals surface area contributed by atoms with Crippen molar-refractivity contribution >= 4 is 5.97 Å². The number of rotatable bonds is 4. The fourth-order valence-electron chi connectivity index (χ4n) is 1.28. The summed E-state index contributed by atoms with van der Waals surface area (Å²) in [6.45, 7) is 1.61. The van der Waals surface area contributed by atoms with Gasteiger partial charge in [0.2, 0.25) is 0 Å². The van der Waals surface area contributed by atoms with Crippen LogP contribution in [0.25, 0.3) is 0 Å². The smallest absolute Gasteiger partial charge is 0.306 e. The largest absolute Gasteiger partial charge is 0.504 e. The number of carboxylic acids is 1. The van der Waals surface area contributed by atoms with Crippen LogP contribution in [-0.2, 0) is 11.2 Å². The lowest BCUT2D eigenvalue weighted by atomic mass is 10.0. The molecule has 0 spiro atoms. The lowest BCUT2D eigenvalue weighted by Crippen LogP contribution is -2.10. The number of hydrogen-bond donors (Lipinski definition) is 3. The number of carbonyl (C=O) groups is 1. The summed E-state index contributed by atoms with van der Waals surface area (Å²) >= 11 is 0. The molecule has 0 bridgehead atoms. The number of aromatic hydroxyl groups is 2. The molecule has 0 amide bonds. The molecule has 15 heavy (non-hydrogen) atoms. The molecule has 0 aromatic heterocycles. The van der Waals surface area contributed by atoms with Gasteiger partial charge in [0.15, 0.2) is 11.5 Å². The van der Waals surface area contributed by atoms with E-state index < -0.39 is 11.9 Å². The van der Waals surface area contributed by atoms with Crippen LogP contribution in [0.5, 0.6) is 11.5 Å². The van der Waals surface area contributed by atoms with Crippen molar-refractivity contribution in [2.24, 2.45) is 5.92 Å². The molecule has 0 radical (unpaired) electrons. The van der Waals surface area contributed by atoms with Gasteiger partial charge in [-0.15, -0.1) is 0 Å². The summed E-state index contributed by atoms with van der Waals surface area (Å²) in [6.07, 6.45) is 0.875. The number of aliphatic carboxylic acids is 1. The first-order valence-corrected chi connectivity index (χ1v) is 4.75.